The molecule has 0 amide bonds. The maximum atomic E-state index is 13.3. The maximum Gasteiger partial charge on any atom is 0.268 e. The molecule has 2 unspecified atom stereocenters. The van der Waals surface area contributed by atoms with Crippen molar-refractivity contribution in [3.8, 4) is 11.8 Å². The number of benzene rings is 2. The molecule has 30 heavy (non-hydrogen) atoms. The van der Waals surface area contributed by atoms with Crippen LogP contribution in [0.15, 0.2) is 54.6 Å². The van der Waals surface area contributed by atoms with Crippen LogP contribution >= 0.6 is 0 Å². The molecule has 0 aliphatic heterocycles. The van der Waals surface area contributed by atoms with Gasteiger partial charge in [-0.15, -0.1) is 0 Å². The topological polar surface area (TPSA) is 69.6 Å². The number of aliphatic hydroxyl groups is 2. The van der Waals surface area contributed by atoms with Crippen molar-refractivity contribution in [1.82, 2.24) is 5.32 Å². The van der Waals surface area contributed by atoms with Gasteiger partial charge in [0, 0.05) is 11.1 Å². The van der Waals surface area contributed by atoms with E-state index in [1.165, 1.54) is 6.92 Å². The van der Waals surface area contributed by atoms with Crippen LogP contribution in [-0.2, 0) is 11.2 Å². The molecule has 0 heterocycles. The fourth-order valence-corrected chi connectivity index (χ4v) is 2.99. The predicted molar refractivity (Wildman–Crippen MR) is 112 cm³/mol. The molecule has 0 aliphatic rings. The summed E-state index contributed by atoms with van der Waals surface area (Å²) in [5.74, 6) is 5.31. The smallest absolute Gasteiger partial charge is 0.268 e. The zero-order chi connectivity index (χ0) is 22.2. The Bertz CT molecular complexity index is 886. The highest BCUT2D eigenvalue weighted by atomic mass is 19.3. The molecule has 6 heteroatoms. The second-order valence-electron chi connectivity index (χ2n) is 7.50. The molecule has 2 aromatic carbocycles. The lowest BCUT2D eigenvalue weighted by atomic mass is 9.79. The Morgan fingerprint density at radius 1 is 1.03 bits per heavy atom. The molecule has 2 rings (SSSR count). The van der Waals surface area contributed by atoms with Gasteiger partial charge in [-0.25, -0.2) is 8.78 Å². The fourth-order valence-electron chi connectivity index (χ4n) is 2.99. The minimum absolute atomic E-state index is 0.223. The monoisotopic (exact) mass is 415 g/mol. The van der Waals surface area contributed by atoms with Crippen molar-refractivity contribution < 1.29 is 23.8 Å². The highest BCUT2D eigenvalue weighted by molar-refractivity contribution is 5.90. The van der Waals surface area contributed by atoms with Gasteiger partial charge >= 0.3 is 0 Å². The molecule has 0 radical (unpaired) electrons. The molecule has 0 aromatic heterocycles. The van der Waals surface area contributed by atoms with Crippen LogP contribution in [0.25, 0.3) is 0 Å². The molecule has 3 N–H and O–H groups in total. The van der Waals surface area contributed by atoms with Gasteiger partial charge in [0.1, 0.15) is 17.7 Å². The molecule has 0 bridgehead atoms. The third-order valence-corrected chi connectivity index (χ3v) is 5.34. The largest absolute Gasteiger partial charge is 0.389 e. The first-order valence-corrected chi connectivity index (χ1v) is 9.76. The quantitative estimate of drug-likeness (QED) is 0.435. The number of hydrogen-bond donors (Lipinski definition) is 3. The van der Waals surface area contributed by atoms with Crippen molar-refractivity contribution >= 4 is 5.78 Å². The highest BCUT2D eigenvalue weighted by Gasteiger charge is 2.54. The van der Waals surface area contributed by atoms with Crippen LogP contribution in [0.4, 0.5) is 8.78 Å². The Labute approximate surface area is 175 Å². The average Bonchev–Trinajstić information content (AvgIpc) is 2.75. The fraction of sp³-hybridized carbons (Fsp3) is 0.375. The van der Waals surface area contributed by atoms with Crippen LogP contribution in [0.3, 0.4) is 0 Å². The maximum absolute atomic E-state index is 13.3. The summed E-state index contributed by atoms with van der Waals surface area (Å²) in [6, 6.07) is 17.4. The van der Waals surface area contributed by atoms with E-state index >= 15 is 0 Å². The van der Waals surface area contributed by atoms with Gasteiger partial charge in [0.15, 0.2) is 5.78 Å². The lowest BCUT2D eigenvalue weighted by Gasteiger charge is -2.41. The summed E-state index contributed by atoms with van der Waals surface area (Å²) in [6.45, 7) is 1.38. The summed E-state index contributed by atoms with van der Waals surface area (Å²) in [6.07, 6.45) is -1.93. The molecular formula is C24H27F2NO3. The number of nitrogens with one attached hydrogen (secondary N) is 1. The zero-order valence-corrected chi connectivity index (χ0v) is 17.2. The van der Waals surface area contributed by atoms with Gasteiger partial charge in [0.2, 0.25) is 0 Å². The normalized spacial score (nSPS) is 15.0. The molecule has 4 nitrogen and oxygen atoms in total. The van der Waals surface area contributed by atoms with Crippen LogP contribution in [-0.4, -0.2) is 46.7 Å². The van der Waals surface area contributed by atoms with E-state index in [1.54, 1.807) is 0 Å². The molecule has 2 aromatic rings. The second-order valence-corrected chi connectivity index (χ2v) is 7.50. The highest BCUT2D eigenvalue weighted by Crippen LogP contribution is 2.29. The van der Waals surface area contributed by atoms with Gasteiger partial charge in [-0.1, -0.05) is 42.2 Å². The Morgan fingerprint density at radius 2 is 1.60 bits per heavy atom. The molecule has 2 atom stereocenters. The molecule has 0 fully saturated rings. The molecule has 0 spiro atoms. The van der Waals surface area contributed by atoms with Gasteiger partial charge < -0.3 is 15.5 Å². The van der Waals surface area contributed by atoms with Crippen molar-refractivity contribution in [1.29, 1.82) is 0 Å². The summed E-state index contributed by atoms with van der Waals surface area (Å²) < 4.78 is 26.5. The Morgan fingerprint density at radius 3 is 2.13 bits per heavy atom. The lowest BCUT2D eigenvalue weighted by Crippen LogP contribution is -2.68. The van der Waals surface area contributed by atoms with Crippen LogP contribution in [0, 0.1) is 11.8 Å². The number of aliphatic hydroxyl groups excluding tert-OH is 1. The van der Waals surface area contributed by atoms with E-state index in [0.29, 0.717) is 12.8 Å². The molecule has 0 aliphatic carbocycles. The van der Waals surface area contributed by atoms with E-state index in [-0.39, 0.29) is 6.54 Å². The number of halogens is 2. The number of hydrogen-bond acceptors (Lipinski definition) is 4. The molecule has 0 saturated carbocycles. The first kappa shape index (κ1) is 23.7. The van der Waals surface area contributed by atoms with E-state index in [1.807, 2.05) is 54.6 Å². The number of alkyl halides is 2. The van der Waals surface area contributed by atoms with Crippen molar-refractivity contribution in [2.45, 2.75) is 44.3 Å². The SMILES string of the molecule is CC(NCCCc1ccc(C#Cc2ccccc2)cc1)(C(=O)CO)C(C)(O)C(F)F. The third kappa shape index (κ3) is 5.73. The van der Waals surface area contributed by atoms with Crippen molar-refractivity contribution in [2.24, 2.45) is 0 Å². The molecule has 0 saturated heterocycles. The van der Waals surface area contributed by atoms with Crippen LogP contribution in [0.2, 0.25) is 0 Å². The molecular weight excluding hydrogens is 388 g/mol. The van der Waals surface area contributed by atoms with Crippen molar-refractivity contribution in [3.63, 3.8) is 0 Å². The Kier molecular flexibility index (Phi) is 8.24. The van der Waals surface area contributed by atoms with Crippen molar-refractivity contribution in [2.75, 3.05) is 13.2 Å². The Hall–Kier alpha value is -2.59. The number of ketones is 1. The first-order chi connectivity index (χ1) is 14.2. The average molecular weight is 415 g/mol. The van der Waals surface area contributed by atoms with Gasteiger partial charge in [-0.2, -0.15) is 0 Å². The number of rotatable bonds is 9. The number of carbonyl (C=O) groups excluding carboxylic acids is 1. The summed E-state index contributed by atoms with van der Waals surface area (Å²) in [5, 5.41) is 22.0. The Balaban J connectivity index is 1.93. The summed E-state index contributed by atoms with van der Waals surface area (Å²) in [4.78, 5) is 12.0. The standard InChI is InChI=1S/C24H27F2NO3/c1-23(21(29)17-28,24(2,30)22(25)26)27-16-6-9-19-11-14-20(15-12-19)13-10-18-7-4-3-5-8-18/h3-5,7-8,11-12,14-15,22,27-28,30H,6,9,16-17H2,1-2H3. The van der Waals surface area contributed by atoms with Gasteiger partial charge in [0.05, 0.1) is 0 Å². The summed E-state index contributed by atoms with van der Waals surface area (Å²) in [5.41, 5.74) is -1.70. The van der Waals surface area contributed by atoms with Crippen LogP contribution < -0.4 is 5.32 Å². The third-order valence-electron chi connectivity index (χ3n) is 5.34. The lowest BCUT2D eigenvalue weighted by molar-refractivity contribution is -0.160. The van der Waals surface area contributed by atoms with E-state index in [2.05, 4.69) is 17.2 Å². The zero-order valence-electron chi connectivity index (χ0n) is 17.2. The number of Topliss-reactive ketones (excluding diaryl/α,β-unsaturated/α-hetero) is 1. The summed E-state index contributed by atoms with van der Waals surface area (Å²) >= 11 is 0. The van der Waals surface area contributed by atoms with Crippen LogP contribution in [0.5, 0.6) is 0 Å². The van der Waals surface area contributed by atoms with Gasteiger partial charge in [0.25, 0.3) is 6.43 Å². The number of carbonyl (C=O) groups is 1. The summed E-state index contributed by atoms with van der Waals surface area (Å²) in [7, 11) is 0. The molecule has 160 valence electrons. The van der Waals surface area contributed by atoms with Crippen LogP contribution in [0.1, 0.15) is 37.0 Å². The van der Waals surface area contributed by atoms with E-state index in [0.717, 1.165) is 23.6 Å². The van der Waals surface area contributed by atoms with Gasteiger partial charge in [-0.05, 0) is 63.1 Å². The van der Waals surface area contributed by atoms with E-state index in [4.69, 9.17) is 5.11 Å². The van der Waals surface area contributed by atoms with E-state index < -0.39 is 30.0 Å². The minimum atomic E-state index is -3.14. The van der Waals surface area contributed by atoms with Crippen molar-refractivity contribution in [3.05, 3.63) is 71.3 Å². The second kappa shape index (κ2) is 10.4. The first-order valence-electron chi connectivity index (χ1n) is 9.76. The number of aryl methyl sites for hydroxylation is 1. The van der Waals surface area contributed by atoms with E-state index in [9.17, 15) is 18.7 Å². The minimum Gasteiger partial charge on any atom is -0.389 e. The van der Waals surface area contributed by atoms with Gasteiger partial charge in [-0.3, -0.25) is 4.79 Å². The predicted octanol–water partition coefficient (Wildman–Crippen LogP) is 2.94.